The molecule has 2 aromatic rings. The number of fused-ring (bicyclic) bond motifs is 1. The summed E-state index contributed by atoms with van der Waals surface area (Å²) >= 11 is 0. The zero-order valence-corrected chi connectivity index (χ0v) is 19.0. The van der Waals surface area contributed by atoms with E-state index < -0.39 is 15.9 Å². The first kappa shape index (κ1) is 23.4. The molecule has 1 heterocycles. The highest BCUT2D eigenvalue weighted by Gasteiger charge is 2.23. The lowest BCUT2D eigenvalue weighted by atomic mass is 10.1. The summed E-state index contributed by atoms with van der Waals surface area (Å²) in [6.07, 6.45) is 0. The highest BCUT2D eigenvalue weighted by Crippen LogP contribution is 2.37. The molecule has 0 saturated carbocycles. The van der Waals surface area contributed by atoms with Gasteiger partial charge in [0.15, 0.2) is 17.3 Å². The van der Waals surface area contributed by atoms with Crippen LogP contribution in [0.1, 0.15) is 24.2 Å². The summed E-state index contributed by atoms with van der Waals surface area (Å²) in [5, 5.41) is 5.57. The lowest BCUT2D eigenvalue weighted by molar-refractivity contribution is -0.114. The number of Topliss-reactive ketones (excluding diaryl/α,β-unsaturated/α-hetero) is 1. The summed E-state index contributed by atoms with van der Waals surface area (Å²) in [6.45, 7) is 3.33. The van der Waals surface area contributed by atoms with Crippen LogP contribution in [0.3, 0.4) is 0 Å². The summed E-state index contributed by atoms with van der Waals surface area (Å²) in [5.41, 5.74) is 1.01. The Morgan fingerprint density at radius 1 is 1.12 bits per heavy atom. The summed E-state index contributed by atoms with van der Waals surface area (Å²) in [4.78, 5) is 24.5. The molecule has 1 amide bonds. The number of hydrogen-bond acceptors (Lipinski definition) is 8. The second kappa shape index (κ2) is 9.45. The molecule has 0 unspecified atom stereocenters. The van der Waals surface area contributed by atoms with E-state index in [0.29, 0.717) is 35.0 Å². The standard InChI is InChI=1S/C21H25N3O7S/c1-5-29-17-7-6-14(8-20(17)32(27,28)24(3)4)22-11-21(26)23-16-10-19-18(30-12-31-19)9-15(16)13(2)25/h6-10,22H,5,11-12H2,1-4H3,(H,23,26). The molecule has 0 radical (unpaired) electrons. The minimum Gasteiger partial charge on any atom is -0.492 e. The van der Waals surface area contributed by atoms with Gasteiger partial charge in [-0.3, -0.25) is 9.59 Å². The van der Waals surface area contributed by atoms with Crippen molar-refractivity contribution in [2.45, 2.75) is 18.7 Å². The van der Waals surface area contributed by atoms with Gasteiger partial charge in [-0.2, -0.15) is 0 Å². The molecule has 0 aromatic heterocycles. The highest BCUT2D eigenvalue weighted by molar-refractivity contribution is 7.89. The maximum Gasteiger partial charge on any atom is 0.246 e. The Balaban J connectivity index is 1.76. The first-order valence-electron chi connectivity index (χ1n) is 9.81. The largest absolute Gasteiger partial charge is 0.492 e. The molecule has 0 saturated heterocycles. The van der Waals surface area contributed by atoms with Gasteiger partial charge in [0.1, 0.15) is 10.6 Å². The quantitative estimate of drug-likeness (QED) is 0.543. The van der Waals surface area contributed by atoms with Crippen LogP contribution in [0.4, 0.5) is 11.4 Å². The van der Waals surface area contributed by atoms with E-state index in [1.165, 1.54) is 45.3 Å². The molecule has 3 rings (SSSR count). The van der Waals surface area contributed by atoms with Crippen LogP contribution in [0, 0.1) is 0 Å². The van der Waals surface area contributed by atoms with E-state index in [1.807, 2.05) is 0 Å². The topological polar surface area (TPSA) is 123 Å². The Kier molecular flexibility index (Phi) is 6.90. The number of benzene rings is 2. The van der Waals surface area contributed by atoms with Gasteiger partial charge in [0.2, 0.25) is 22.7 Å². The lowest BCUT2D eigenvalue weighted by Gasteiger charge is -2.17. The fourth-order valence-electron chi connectivity index (χ4n) is 3.00. The minimum absolute atomic E-state index is 0.00982. The molecule has 0 spiro atoms. The van der Waals surface area contributed by atoms with Crippen molar-refractivity contribution in [3.8, 4) is 17.2 Å². The number of nitrogens with zero attached hydrogens (tertiary/aromatic N) is 1. The summed E-state index contributed by atoms with van der Waals surface area (Å²) < 4.78 is 42.4. The molecule has 32 heavy (non-hydrogen) atoms. The maximum absolute atomic E-state index is 12.6. The third kappa shape index (κ3) is 4.94. The van der Waals surface area contributed by atoms with Gasteiger partial charge in [-0.05, 0) is 38.1 Å². The Morgan fingerprint density at radius 2 is 1.81 bits per heavy atom. The molecule has 10 nitrogen and oxygen atoms in total. The van der Waals surface area contributed by atoms with Crippen molar-refractivity contribution in [1.29, 1.82) is 0 Å². The monoisotopic (exact) mass is 463 g/mol. The second-order valence-corrected chi connectivity index (χ2v) is 9.21. The minimum atomic E-state index is -3.76. The van der Waals surface area contributed by atoms with Crippen molar-refractivity contribution in [1.82, 2.24) is 4.31 Å². The summed E-state index contributed by atoms with van der Waals surface area (Å²) in [7, 11) is -0.901. The van der Waals surface area contributed by atoms with Gasteiger partial charge in [0.05, 0.1) is 18.8 Å². The molecule has 11 heteroatoms. The fraction of sp³-hybridized carbons (Fsp3) is 0.333. The van der Waals surface area contributed by atoms with Crippen molar-refractivity contribution >= 4 is 33.1 Å². The van der Waals surface area contributed by atoms with Gasteiger partial charge in [0, 0.05) is 31.4 Å². The number of hydrogen-bond donors (Lipinski definition) is 2. The van der Waals surface area contributed by atoms with Crippen LogP contribution in [-0.2, 0) is 14.8 Å². The Hall–Kier alpha value is -3.31. The van der Waals surface area contributed by atoms with Crippen LogP contribution >= 0.6 is 0 Å². The van der Waals surface area contributed by atoms with Crippen molar-refractivity contribution in [3.05, 3.63) is 35.9 Å². The molecule has 2 N–H and O–H groups in total. The van der Waals surface area contributed by atoms with Crippen LogP contribution in [0.5, 0.6) is 17.2 Å². The fourth-order valence-corrected chi connectivity index (χ4v) is 4.05. The number of ether oxygens (including phenoxy) is 3. The first-order chi connectivity index (χ1) is 15.1. The Labute approximate surface area is 186 Å². The van der Waals surface area contributed by atoms with Crippen LogP contribution in [0.25, 0.3) is 0 Å². The zero-order chi connectivity index (χ0) is 23.5. The van der Waals surface area contributed by atoms with Gasteiger partial charge >= 0.3 is 0 Å². The van der Waals surface area contributed by atoms with E-state index in [0.717, 1.165) is 4.31 Å². The van der Waals surface area contributed by atoms with Crippen LogP contribution in [0.15, 0.2) is 35.2 Å². The highest BCUT2D eigenvalue weighted by atomic mass is 32.2. The summed E-state index contributed by atoms with van der Waals surface area (Å²) in [6, 6.07) is 7.63. The molecule has 1 aliphatic rings. The molecule has 0 atom stereocenters. The predicted molar refractivity (Wildman–Crippen MR) is 118 cm³/mol. The van der Waals surface area contributed by atoms with E-state index >= 15 is 0 Å². The molecule has 0 bridgehead atoms. The number of ketones is 1. The lowest BCUT2D eigenvalue weighted by Crippen LogP contribution is -2.24. The van der Waals surface area contributed by atoms with Gasteiger partial charge in [-0.15, -0.1) is 0 Å². The second-order valence-electron chi connectivity index (χ2n) is 7.09. The van der Waals surface area contributed by atoms with Gasteiger partial charge in [0.25, 0.3) is 0 Å². The molecule has 0 aliphatic carbocycles. The van der Waals surface area contributed by atoms with Crippen LogP contribution in [0.2, 0.25) is 0 Å². The van der Waals surface area contributed by atoms with E-state index in [1.54, 1.807) is 13.0 Å². The predicted octanol–water partition coefficient (Wildman–Crippen LogP) is 2.32. The SMILES string of the molecule is CCOc1ccc(NCC(=O)Nc2cc3c(cc2C(C)=O)OCO3)cc1S(=O)(=O)N(C)C. The Morgan fingerprint density at radius 3 is 2.44 bits per heavy atom. The molecule has 1 aliphatic heterocycles. The van der Waals surface area contributed by atoms with Gasteiger partial charge < -0.3 is 24.8 Å². The van der Waals surface area contributed by atoms with Crippen molar-refractivity contribution < 1.29 is 32.2 Å². The van der Waals surface area contributed by atoms with Gasteiger partial charge in [-0.1, -0.05) is 0 Å². The maximum atomic E-state index is 12.6. The van der Waals surface area contributed by atoms with E-state index in [2.05, 4.69) is 10.6 Å². The molecular formula is C21H25N3O7S. The van der Waals surface area contributed by atoms with E-state index in [9.17, 15) is 18.0 Å². The molecular weight excluding hydrogens is 438 g/mol. The molecule has 172 valence electrons. The number of carbonyl (C=O) groups excluding carboxylic acids is 2. The average Bonchev–Trinajstić information content (AvgIpc) is 3.19. The third-order valence-electron chi connectivity index (χ3n) is 4.62. The number of rotatable bonds is 9. The number of carbonyl (C=O) groups is 2. The summed E-state index contributed by atoms with van der Waals surface area (Å²) in [5.74, 6) is 0.426. The number of anilines is 2. The van der Waals surface area contributed by atoms with Crippen LogP contribution in [-0.4, -0.2) is 58.5 Å². The molecule has 0 fully saturated rings. The average molecular weight is 464 g/mol. The van der Waals surface area contributed by atoms with E-state index in [4.69, 9.17) is 14.2 Å². The van der Waals surface area contributed by atoms with Gasteiger partial charge in [-0.25, -0.2) is 12.7 Å². The smallest absolute Gasteiger partial charge is 0.246 e. The third-order valence-corrected chi connectivity index (χ3v) is 6.46. The molecule has 2 aromatic carbocycles. The van der Waals surface area contributed by atoms with Crippen molar-refractivity contribution in [2.75, 3.05) is 44.7 Å². The zero-order valence-electron chi connectivity index (χ0n) is 18.2. The van der Waals surface area contributed by atoms with Crippen molar-refractivity contribution in [3.63, 3.8) is 0 Å². The van der Waals surface area contributed by atoms with Crippen LogP contribution < -0.4 is 24.8 Å². The normalized spacial score (nSPS) is 12.5. The number of amides is 1. The number of nitrogens with one attached hydrogen (secondary N) is 2. The Bertz CT molecular complexity index is 1150. The van der Waals surface area contributed by atoms with E-state index in [-0.39, 0.29) is 29.8 Å². The first-order valence-corrected chi connectivity index (χ1v) is 11.2. The number of sulfonamides is 1. The van der Waals surface area contributed by atoms with Crippen molar-refractivity contribution in [2.24, 2.45) is 0 Å².